The first-order valence-corrected chi connectivity index (χ1v) is 1.71. The summed E-state index contributed by atoms with van der Waals surface area (Å²) in [5, 5.41) is 4.03. The van der Waals surface area contributed by atoms with E-state index in [0.29, 0.717) is 0 Å². The summed E-state index contributed by atoms with van der Waals surface area (Å²) in [7, 11) is 0. The van der Waals surface area contributed by atoms with E-state index in [2.05, 4.69) is 5.14 Å². The van der Waals surface area contributed by atoms with E-state index in [4.69, 9.17) is 8.76 Å². The Morgan fingerprint density at radius 2 is 1.80 bits per heavy atom. The number of hydrogen-bond donors (Lipinski definition) is 1. The smallest absolute Gasteiger partial charge is 0.760 e. The second-order valence-corrected chi connectivity index (χ2v) is 0.781. The van der Waals surface area contributed by atoms with Crippen LogP contribution in [-0.2, 0) is 11.3 Å². The van der Waals surface area contributed by atoms with Gasteiger partial charge in [0.05, 0.1) is 0 Å². The summed E-state index contributed by atoms with van der Waals surface area (Å²) in [5.41, 5.74) is 0. The molecule has 0 fully saturated rings. The van der Waals surface area contributed by atoms with Gasteiger partial charge in [-0.2, -0.15) is 0 Å². The molecule has 26 valence electrons. The first-order valence-electron chi connectivity index (χ1n) is 0.569. The molecule has 0 heterocycles. The van der Waals surface area contributed by atoms with Gasteiger partial charge in [-0.15, -0.1) is 0 Å². The largest absolute Gasteiger partial charge is 1.00 e. The van der Waals surface area contributed by atoms with Gasteiger partial charge in [-0.3, -0.25) is 9.35 Å². The average molecular weight is 119 g/mol. The molecule has 5 heteroatoms. The maximum absolute atomic E-state index is 8.78. The molecule has 0 saturated carbocycles. The molecule has 5 heavy (non-hydrogen) atoms. The SMILES string of the molecule is NS(=O)[O-].[K+]. The monoisotopic (exact) mass is 119 g/mol. The molecular formula is H2KNO2S. The van der Waals surface area contributed by atoms with Gasteiger partial charge in [-0.1, -0.05) is 0 Å². The van der Waals surface area contributed by atoms with Crippen LogP contribution >= 0.6 is 0 Å². The van der Waals surface area contributed by atoms with E-state index in [0.717, 1.165) is 0 Å². The molecule has 2 N–H and O–H groups in total. The second-order valence-electron chi connectivity index (χ2n) is 0.260. The molecule has 0 aliphatic carbocycles. The average Bonchev–Trinajstić information content (AvgIpc) is 0.811. The fourth-order valence-corrected chi connectivity index (χ4v) is 0. The Morgan fingerprint density at radius 3 is 1.80 bits per heavy atom. The molecule has 0 aromatic rings. The molecule has 0 radical (unpaired) electrons. The Labute approximate surface area is 75.1 Å². The van der Waals surface area contributed by atoms with Gasteiger partial charge >= 0.3 is 51.4 Å². The summed E-state index contributed by atoms with van der Waals surface area (Å²) < 4.78 is 17.6. The number of hydrogen-bond acceptors (Lipinski definition) is 2. The van der Waals surface area contributed by atoms with Gasteiger partial charge in [-0.25, -0.2) is 0 Å². The summed E-state index contributed by atoms with van der Waals surface area (Å²) in [4.78, 5) is 0. The maximum atomic E-state index is 8.78. The molecule has 0 aliphatic heterocycles. The van der Waals surface area contributed by atoms with E-state index in [1.165, 1.54) is 0 Å². The Bertz CT molecular complexity index is 32.6. The van der Waals surface area contributed by atoms with Crippen molar-refractivity contribution in [1.29, 1.82) is 0 Å². The Morgan fingerprint density at radius 1 is 1.80 bits per heavy atom. The minimum absolute atomic E-state index is 0. The van der Waals surface area contributed by atoms with E-state index < -0.39 is 11.3 Å². The van der Waals surface area contributed by atoms with E-state index in [9.17, 15) is 0 Å². The zero-order valence-corrected chi connectivity index (χ0v) is 6.74. The van der Waals surface area contributed by atoms with Crippen molar-refractivity contribution in [3.05, 3.63) is 0 Å². The molecule has 0 saturated heterocycles. The van der Waals surface area contributed by atoms with Gasteiger partial charge in [0, 0.05) is 11.3 Å². The molecule has 0 aromatic heterocycles. The zero-order chi connectivity index (χ0) is 3.58. The van der Waals surface area contributed by atoms with Crippen LogP contribution < -0.4 is 56.5 Å². The maximum Gasteiger partial charge on any atom is 1.00 e. The van der Waals surface area contributed by atoms with Gasteiger partial charge in [0.25, 0.3) is 0 Å². The molecule has 0 amide bonds. The Hall–Kier alpha value is 1.71. The molecule has 0 aromatic carbocycles. The van der Waals surface area contributed by atoms with Crippen molar-refractivity contribution in [2.45, 2.75) is 0 Å². The van der Waals surface area contributed by atoms with Gasteiger partial charge < -0.3 is 4.55 Å². The Kier molecular flexibility index (Phi) is 11.3. The van der Waals surface area contributed by atoms with E-state index >= 15 is 0 Å². The summed E-state index contributed by atoms with van der Waals surface area (Å²) in [5.74, 6) is 0. The van der Waals surface area contributed by atoms with E-state index in [-0.39, 0.29) is 51.4 Å². The van der Waals surface area contributed by atoms with Gasteiger partial charge in [0.1, 0.15) is 0 Å². The molecule has 1 atom stereocenters. The molecule has 0 bridgehead atoms. The van der Waals surface area contributed by atoms with Crippen LogP contribution in [0.15, 0.2) is 0 Å². The fraction of sp³-hybridized carbons (Fsp3) is 0. The topological polar surface area (TPSA) is 66.2 Å². The minimum atomic E-state index is -2.36. The summed E-state index contributed by atoms with van der Waals surface area (Å²) >= 11 is -2.36. The van der Waals surface area contributed by atoms with Crippen molar-refractivity contribution >= 4 is 11.3 Å². The molecule has 1 unspecified atom stereocenters. The third kappa shape index (κ3) is 26.9. The third-order valence-corrected chi connectivity index (χ3v) is 0. The first-order chi connectivity index (χ1) is 1.73. The van der Waals surface area contributed by atoms with Gasteiger partial charge in [-0.05, 0) is 0 Å². The van der Waals surface area contributed by atoms with Crippen molar-refractivity contribution in [3.63, 3.8) is 0 Å². The van der Waals surface area contributed by atoms with Crippen LogP contribution in [0.1, 0.15) is 0 Å². The van der Waals surface area contributed by atoms with Gasteiger partial charge in [0.2, 0.25) is 0 Å². The standard InChI is InChI=1S/K.H3NO2S/c;1-4(2)3/h;1H2,(H,2,3)/q+1;/p-1. The number of rotatable bonds is 0. The predicted molar refractivity (Wildman–Crippen MR) is 13.1 cm³/mol. The molecule has 0 rings (SSSR count). The van der Waals surface area contributed by atoms with Crippen molar-refractivity contribution in [3.8, 4) is 0 Å². The van der Waals surface area contributed by atoms with Crippen LogP contribution in [0.3, 0.4) is 0 Å². The number of nitrogens with two attached hydrogens (primary N) is 1. The van der Waals surface area contributed by atoms with E-state index in [1.807, 2.05) is 0 Å². The summed E-state index contributed by atoms with van der Waals surface area (Å²) in [6.45, 7) is 0. The van der Waals surface area contributed by atoms with Gasteiger partial charge in [0.15, 0.2) is 0 Å². The quantitative estimate of drug-likeness (QED) is 0.259. The fourth-order valence-electron chi connectivity index (χ4n) is 0. The van der Waals surface area contributed by atoms with Crippen LogP contribution in [-0.4, -0.2) is 8.76 Å². The first kappa shape index (κ1) is 9.86. The molecule has 3 nitrogen and oxygen atoms in total. The minimum Gasteiger partial charge on any atom is -0.760 e. The summed E-state index contributed by atoms with van der Waals surface area (Å²) in [6.07, 6.45) is 0. The summed E-state index contributed by atoms with van der Waals surface area (Å²) in [6, 6.07) is 0. The van der Waals surface area contributed by atoms with Crippen LogP contribution in [0.4, 0.5) is 0 Å². The predicted octanol–water partition coefficient (Wildman–Crippen LogP) is -4.26. The van der Waals surface area contributed by atoms with Crippen molar-refractivity contribution < 1.29 is 60.1 Å². The van der Waals surface area contributed by atoms with Crippen molar-refractivity contribution in [2.24, 2.45) is 5.14 Å². The molecule has 0 spiro atoms. The Balaban J connectivity index is 0. The van der Waals surface area contributed by atoms with Crippen molar-refractivity contribution in [1.82, 2.24) is 0 Å². The van der Waals surface area contributed by atoms with Crippen LogP contribution in [0.5, 0.6) is 0 Å². The molecular weight excluding hydrogens is 117 g/mol. The van der Waals surface area contributed by atoms with E-state index in [1.54, 1.807) is 0 Å². The normalized spacial score (nSPS) is 12.4. The third-order valence-electron chi connectivity index (χ3n) is 0. The van der Waals surface area contributed by atoms with Crippen LogP contribution in [0.2, 0.25) is 0 Å². The van der Waals surface area contributed by atoms with Crippen LogP contribution in [0, 0.1) is 0 Å². The van der Waals surface area contributed by atoms with Crippen molar-refractivity contribution in [2.75, 3.05) is 0 Å². The van der Waals surface area contributed by atoms with Crippen LogP contribution in [0.25, 0.3) is 0 Å². The zero-order valence-electron chi connectivity index (χ0n) is 2.80. The second kappa shape index (κ2) is 5.71. The molecule has 0 aliphatic rings.